The summed E-state index contributed by atoms with van der Waals surface area (Å²) in [5.41, 5.74) is 2.19. The summed E-state index contributed by atoms with van der Waals surface area (Å²) in [6.07, 6.45) is 0.729. The molecule has 1 amide bonds. The average molecular weight is 437 g/mol. The first-order valence-corrected chi connectivity index (χ1v) is 10.7. The van der Waals surface area contributed by atoms with Crippen LogP contribution >= 0.6 is 0 Å². The molecule has 168 valence electrons. The predicted molar refractivity (Wildman–Crippen MR) is 119 cm³/mol. The van der Waals surface area contributed by atoms with E-state index in [0.29, 0.717) is 23.5 Å². The highest BCUT2D eigenvalue weighted by Crippen LogP contribution is 2.40. The largest absolute Gasteiger partial charge is 0.507 e. The normalized spacial score (nSPS) is 19.4. The van der Waals surface area contributed by atoms with Crippen LogP contribution < -0.4 is 9.47 Å². The Bertz CT molecular complexity index is 1070. The zero-order chi connectivity index (χ0) is 22.8. The van der Waals surface area contributed by atoms with Crippen molar-refractivity contribution in [2.75, 3.05) is 26.9 Å². The molecule has 0 bridgehead atoms. The molecule has 1 fully saturated rings. The number of ketones is 1. The van der Waals surface area contributed by atoms with E-state index in [0.717, 1.165) is 17.7 Å². The Hall–Kier alpha value is -3.32. The summed E-state index contributed by atoms with van der Waals surface area (Å²) < 4.78 is 16.5. The van der Waals surface area contributed by atoms with Crippen molar-refractivity contribution in [2.45, 2.75) is 32.4 Å². The average Bonchev–Trinajstić information content (AvgIpc) is 3.36. The lowest BCUT2D eigenvalue weighted by Crippen LogP contribution is -2.33. The molecule has 1 saturated heterocycles. The molecular formula is C25H27NO6. The van der Waals surface area contributed by atoms with E-state index in [1.54, 1.807) is 37.4 Å². The van der Waals surface area contributed by atoms with E-state index in [1.807, 2.05) is 26.0 Å². The summed E-state index contributed by atoms with van der Waals surface area (Å²) in [7, 11) is 1.55. The van der Waals surface area contributed by atoms with E-state index in [4.69, 9.17) is 14.2 Å². The molecule has 7 heteroatoms. The first-order chi connectivity index (χ1) is 15.4. The molecule has 2 heterocycles. The second kappa shape index (κ2) is 9.04. The van der Waals surface area contributed by atoms with Gasteiger partial charge < -0.3 is 24.2 Å². The molecule has 1 N–H and O–H groups in total. The number of methoxy groups -OCH3 is 1. The Kier molecular flexibility index (Phi) is 6.19. The topological polar surface area (TPSA) is 85.3 Å². The van der Waals surface area contributed by atoms with E-state index >= 15 is 0 Å². The molecule has 0 radical (unpaired) electrons. The third-order valence-electron chi connectivity index (χ3n) is 5.70. The van der Waals surface area contributed by atoms with E-state index in [2.05, 4.69) is 0 Å². The maximum atomic E-state index is 13.1. The van der Waals surface area contributed by atoms with Crippen LogP contribution in [-0.2, 0) is 20.7 Å². The van der Waals surface area contributed by atoms with Crippen LogP contribution in [0.3, 0.4) is 0 Å². The second-order valence-electron chi connectivity index (χ2n) is 8.11. The predicted octanol–water partition coefficient (Wildman–Crippen LogP) is 3.48. The van der Waals surface area contributed by atoms with Gasteiger partial charge >= 0.3 is 0 Å². The Morgan fingerprint density at radius 2 is 2.03 bits per heavy atom. The molecule has 4 rings (SSSR count). The van der Waals surface area contributed by atoms with Crippen LogP contribution in [0.2, 0.25) is 0 Å². The molecule has 0 spiro atoms. The fourth-order valence-electron chi connectivity index (χ4n) is 4.14. The van der Waals surface area contributed by atoms with Gasteiger partial charge in [0.15, 0.2) is 0 Å². The number of hydrogen-bond donors (Lipinski definition) is 1. The number of hydrogen-bond acceptors (Lipinski definition) is 6. The molecule has 0 aliphatic carbocycles. The molecule has 0 aromatic heterocycles. The molecule has 1 atom stereocenters. The lowest BCUT2D eigenvalue weighted by molar-refractivity contribution is -0.140. The van der Waals surface area contributed by atoms with E-state index in [9.17, 15) is 14.7 Å². The van der Waals surface area contributed by atoms with Crippen LogP contribution in [0, 0.1) is 0 Å². The quantitative estimate of drug-likeness (QED) is 0.406. The number of aliphatic hydroxyl groups excluding tert-OH is 1. The van der Waals surface area contributed by atoms with Gasteiger partial charge in [0.1, 0.15) is 17.3 Å². The highest BCUT2D eigenvalue weighted by Gasteiger charge is 2.46. The van der Waals surface area contributed by atoms with Crippen molar-refractivity contribution >= 4 is 17.4 Å². The van der Waals surface area contributed by atoms with Gasteiger partial charge in [-0.15, -0.1) is 0 Å². The Labute approximate surface area is 187 Å². The van der Waals surface area contributed by atoms with Crippen LogP contribution in [0.25, 0.3) is 5.76 Å². The van der Waals surface area contributed by atoms with Gasteiger partial charge in [-0.1, -0.05) is 12.1 Å². The van der Waals surface area contributed by atoms with Crippen molar-refractivity contribution in [1.82, 2.24) is 4.90 Å². The number of amides is 1. The third-order valence-corrected chi connectivity index (χ3v) is 5.70. The molecule has 1 unspecified atom stereocenters. The maximum Gasteiger partial charge on any atom is 0.295 e. The van der Waals surface area contributed by atoms with Crippen molar-refractivity contribution in [3.63, 3.8) is 0 Å². The van der Waals surface area contributed by atoms with Gasteiger partial charge in [-0.3, -0.25) is 9.59 Å². The number of fused-ring (bicyclic) bond motifs is 1. The third kappa shape index (κ3) is 4.08. The smallest absolute Gasteiger partial charge is 0.295 e. The fraction of sp³-hybridized carbons (Fsp3) is 0.360. The first-order valence-electron chi connectivity index (χ1n) is 10.7. The zero-order valence-corrected chi connectivity index (χ0v) is 18.5. The van der Waals surface area contributed by atoms with Crippen molar-refractivity contribution < 1.29 is 28.9 Å². The standard InChI is InChI=1S/C25H27NO6/c1-15(2)31-12-10-26-22(17-5-4-6-19(14-17)30-3)21(24(28)25(26)29)23(27)18-7-8-20-16(13-18)9-11-32-20/h4-8,13-15,22,27H,9-12H2,1-3H3/b23-21-. The summed E-state index contributed by atoms with van der Waals surface area (Å²) in [5.74, 6) is -0.190. The minimum atomic E-state index is -0.745. The molecule has 2 aliphatic rings. The van der Waals surface area contributed by atoms with Gasteiger partial charge in [0.2, 0.25) is 0 Å². The Balaban J connectivity index is 1.80. The monoisotopic (exact) mass is 437 g/mol. The van der Waals surface area contributed by atoms with Crippen molar-refractivity contribution in [3.05, 3.63) is 64.7 Å². The van der Waals surface area contributed by atoms with Gasteiger partial charge in [-0.05, 0) is 55.3 Å². The molecule has 7 nitrogen and oxygen atoms in total. The number of rotatable bonds is 7. The van der Waals surface area contributed by atoms with Crippen LogP contribution in [0.15, 0.2) is 48.0 Å². The van der Waals surface area contributed by atoms with Gasteiger partial charge in [0, 0.05) is 18.5 Å². The second-order valence-corrected chi connectivity index (χ2v) is 8.11. The molecular weight excluding hydrogens is 410 g/mol. The number of carbonyl (C=O) groups excluding carboxylic acids is 2. The van der Waals surface area contributed by atoms with E-state index in [-0.39, 0.29) is 30.6 Å². The summed E-state index contributed by atoms with van der Waals surface area (Å²) in [6.45, 7) is 4.90. The minimum Gasteiger partial charge on any atom is -0.507 e. The van der Waals surface area contributed by atoms with Crippen LogP contribution in [-0.4, -0.2) is 54.7 Å². The highest BCUT2D eigenvalue weighted by atomic mass is 16.5. The van der Waals surface area contributed by atoms with Gasteiger partial charge in [0.05, 0.1) is 38.0 Å². The fourth-order valence-corrected chi connectivity index (χ4v) is 4.14. The number of ether oxygens (including phenoxy) is 3. The Morgan fingerprint density at radius 1 is 1.22 bits per heavy atom. The molecule has 0 saturated carbocycles. The lowest BCUT2D eigenvalue weighted by Gasteiger charge is -2.26. The molecule has 32 heavy (non-hydrogen) atoms. The zero-order valence-electron chi connectivity index (χ0n) is 18.5. The van der Waals surface area contributed by atoms with Gasteiger partial charge in [-0.25, -0.2) is 0 Å². The molecule has 2 aliphatic heterocycles. The summed E-state index contributed by atoms with van der Waals surface area (Å²) >= 11 is 0. The number of benzene rings is 2. The van der Waals surface area contributed by atoms with Crippen LogP contribution in [0.4, 0.5) is 0 Å². The molecule has 2 aromatic carbocycles. The highest BCUT2D eigenvalue weighted by molar-refractivity contribution is 6.46. The van der Waals surface area contributed by atoms with E-state index < -0.39 is 17.7 Å². The number of carbonyl (C=O) groups is 2. The number of aliphatic hydroxyl groups is 1. The number of nitrogens with zero attached hydrogens (tertiary/aromatic N) is 1. The summed E-state index contributed by atoms with van der Waals surface area (Å²) in [5, 5.41) is 11.2. The van der Waals surface area contributed by atoms with Gasteiger partial charge in [0.25, 0.3) is 11.7 Å². The van der Waals surface area contributed by atoms with Crippen molar-refractivity contribution in [1.29, 1.82) is 0 Å². The molecule has 2 aromatic rings. The summed E-state index contributed by atoms with van der Waals surface area (Å²) in [4.78, 5) is 27.5. The van der Waals surface area contributed by atoms with Crippen molar-refractivity contribution in [3.8, 4) is 11.5 Å². The summed E-state index contributed by atoms with van der Waals surface area (Å²) in [6, 6.07) is 11.7. The van der Waals surface area contributed by atoms with Gasteiger partial charge in [-0.2, -0.15) is 0 Å². The number of Topliss-reactive ketones (excluding diaryl/α,β-unsaturated/α-hetero) is 1. The van der Waals surface area contributed by atoms with Crippen LogP contribution in [0.1, 0.15) is 36.6 Å². The van der Waals surface area contributed by atoms with E-state index in [1.165, 1.54) is 4.90 Å². The SMILES string of the molecule is COc1cccc(C2/C(=C(/O)c3ccc4c(c3)CCO4)C(=O)C(=O)N2CCOC(C)C)c1. The lowest BCUT2D eigenvalue weighted by atomic mass is 9.94. The Morgan fingerprint density at radius 3 is 2.78 bits per heavy atom. The minimum absolute atomic E-state index is 0.00396. The first kappa shape index (κ1) is 21.9. The number of likely N-dealkylation sites (tertiary alicyclic amines) is 1. The van der Waals surface area contributed by atoms with Crippen molar-refractivity contribution in [2.24, 2.45) is 0 Å². The van der Waals surface area contributed by atoms with Crippen LogP contribution in [0.5, 0.6) is 11.5 Å². The maximum absolute atomic E-state index is 13.1.